The second-order valence-corrected chi connectivity index (χ2v) is 7.28. The highest BCUT2D eigenvalue weighted by atomic mass is 35.5. The Bertz CT molecular complexity index is 580. The topological polar surface area (TPSA) is 58.6 Å². The zero-order chi connectivity index (χ0) is 17.2. The van der Waals surface area contributed by atoms with E-state index in [1.807, 2.05) is 45.0 Å². The number of halogens is 1. The van der Waals surface area contributed by atoms with Crippen molar-refractivity contribution < 1.29 is 14.3 Å². The van der Waals surface area contributed by atoms with Gasteiger partial charge in [-0.05, 0) is 51.8 Å². The van der Waals surface area contributed by atoms with Crippen molar-refractivity contribution in [2.75, 3.05) is 6.54 Å². The van der Waals surface area contributed by atoms with E-state index in [4.69, 9.17) is 16.3 Å². The third-order valence-electron chi connectivity index (χ3n) is 3.63. The SMILES string of the molecule is CC1C(=O)NC(Cc2ccc(Cl)cc2)CN1C(=O)OC(C)(C)C. The van der Waals surface area contributed by atoms with Gasteiger partial charge in [-0.1, -0.05) is 23.7 Å². The molecular formula is C17H23ClN2O3. The van der Waals surface area contributed by atoms with Crippen molar-refractivity contribution in [3.8, 4) is 0 Å². The maximum absolute atomic E-state index is 12.3. The minimum atomic E-state index is -0.587. The first-order valence-corrected chi connectivity index (χ1v) is 8.08. The first-order chi connectivity index (χ1) is 10.7. The predicted octanol–water partition coefficient (Wildman–Crippen LogP) is 3.01. The number of carbonyl (C=O) groups excluding carboxylic acids is 2. The molecule has 0 aliphatic carbocycles. The van der Waals surface area contributed by atoms with Crippen LogP contribution in [0.5, 0.6) is 0 Å². The molecule has 2 rings (SSSR count). The molecule has 1 aliphatic heterocycles. The molecule has 2 amide bonds. The van der Waals surface area contributed by atoms with Crippen molar-refractivity contribution in [3.05, 3.63) is 34.9 Å². The van der Waals surface area contributed by atoms with Gasteiger partial charge in [0.25, 0.3) is 0 Å². The average Bonchev–Trinajstić information content (AvgIpc) is 2.43. The molecule has 5 nitrogen and oxygen atoms in total. The Hall–Kier alpha value is -1.75. The number of nitrogens with zero attached hydrogens (tertiary/aromatic N) is 1. The smallest absolute Gasteiger partial charge is 0.411 e. The van der Waals surface area contributed by atoms with E-state index < -0.39 is 17.7 Å². The molecule has 1 aromatic rings. The van der Waals surface area contributed by atoms with Crippen molar-refractivity contribution in [1.29, 1.82) is 0 Å². The fourth-order valence-corrected chi connectivity index (χ4v) is 2.60. The Labute approximate surface area is 141 Å². The summed E-state index contributed by atoms with van der Waals surface area (Å²) in [4.78, 5) is 26.0. The monoisotopic (exact) mass is 338 g/mol. The number of ether oxygens (including phenoxy) is 1. The summed E-state index contributed by atoms with van der Waals surface area (Å²) in [6.45, 7) is 7.56. The van der Waals surface area contributed by atoms with Crippen LogP contribution in [-0.2, 0) is 16.0 Å². The van der Waals surface area contributed by atoms with Gasteiger partial charge in [0.2, 0.25) is 5.91 Å². The molecule has 1 aliphatic rings. The van der Waals surface area contributed by atoms with Gasteiger partial charge in [-0.2, -0.15) is 0 Å². The fraction of sp³-hybridized carbons (Fsp3) is 0.529. The number of carbonyl (C=O) groups is 2. The van der Waals surface area contributed by atoms with Crippen molar-refractivity contribution in [2.24, 2.45) is 0 Å². The highest BCUT2D eigenvalue weighted by Crippen LogP contribution is 2.18. The number of nitrogens with one attached hydrogen (secondary N) is 1. The number of benzene rings is 1. The van der Waals surface area contributed by atoms with Gasteiger partial charge >= 0.3 is 6.09 Å². The van der Waals surface area contributed by atoms with Gasteiger partial charge in [0.15, 0.2) is 0 Å². The van der Waals surface area contributed by atoms with Gasteiger partial charge in [0.05, 0.1) is 6.04 Å². The summed E-state index contributed by atoms with van der Waals surface area (Å²) in [7, 11) is 0. The molecule has 1 heterocycles. The molecule has 0 saturated carbocycles. The van der Waals surface area contributed by atoms with Crippen LogP contribution in [0.1, 0.15) is 33.3 Å². The van der Waals surface area contributed by atoms with E-state index in [-0.39, 0.29) is 11.9 Å². The molecule has 0 aromatic heterocycles. The highest BCUT2D eigenvalue weighted by molar-refractivity contribution is 6.30. The molecule has 1 N–H and O–H groups in total. The molecule has 2 atom stereocenters. The van der Waals surface area contributed by atoms with Gasteiger partial charge in [-0.15, -0.1) is 0 Å². The quantitative estimate of drug-likeness (QED) is 0.901. The summed E-state index contributed by atoms with van der Waals surface area (Å²) in [5.74, 6) is -0.166. The van der Waals surface area contributed by atoms with Crippen LogP contribution in [0.2, 0.25) is 5.02 Å². The number of rotatable bonds is 2. The number of hydrogen-bond acceptors (Lipinski definition) is 3. The van der Waals surface area contributed by atoms with Crippen LogP contribution in [0.25, 0.3) is 0 Å². The zero-order valence-electron chi connectivity index (χ0n) is 13.9. The van der Waals surface area contributed by atoms with E-state index in [9.17, 15) is 9.59 Å². The minimum absolute atomic E-state index is 0.146. The maximum atomic E-state index is 12.3. The van der Waals surface area contributed by atoms with Crippen molar-refractivity contribution in [2.45, 2.75) is 51.8 Å². The predicted molar refractivity (Wildman–Crippen MR) is 89.5 cm³/mol. The molecule has 2 unspecified atom stereocenters. The average molecular weight is 339 g/mol. The van der Waals surface area contributed by atoms with Gasteiger partial charge in [0, 0.05) is 11.6 Å². The molecular weight excluding hydrogens is 316 g/mol. The molecule has 0 radical (unpaired) electrons. The second-order valence-electron chi connectivity index (χ2n) is 6.84. The van der Waals surface area contributed by atoms with Crippen LogP contribution < -0.4 is 5.32 Å². The molecule has 126 valence electrons. The number of hydrogen-bond donors (Lipinski definition) is 1. The van der Waals surface area contributed by atoms with Crippen molar-refractivity contribution in [1.82, 2.24) is 10.2 Å². The Morgan fingerprint density at radius 2 is 1.96 bits per heavy atom. The maximum Gasteiger partial charge on any atom is 0.411 e. The largest absolute Gasteiger partial charge is 0.444 e. The second kappa shape index (κ2) is 6.79. The van der Waals surface area contributed by atoms with Crippen LogP contribution >= 0.6 is 11.6 Å². The number of piperazine rings is 1. The Balaban J connectivity index is 2.07. The minimum Gasteiger partial charge on any atom is -0.444 e. The van der Waals surface area contributed by atoms with Gasteiger partial charge < -0.3 is 10.1 Å². The first-order valence-electron chi connectivity index (χ1n) is 7.70. The lowest BCUT2D eigenvalue weighted by Gasteiger charge is -2.38. The van der Waals surface area contributed by atoms with Crippen LogP contribution in [0.15, 0.2) is 24.3 Å². The molecule has 1 aromatic carbocycles. The van der Waals surface area contributed by atoms with E-state index in [0.29, 0.717) is 18.0 Å². The standard InChI is InChI=1S/C17H23ClN2O3/c1-11-15(21)19-14(9-12-5-7-13(18)8-6-12)10-20(11)16(22)23-17(2,3)4/h5-8,11,14H,9-10H2,1-4H3,(H,19,21). The summed E-state index contributed by atoms with van der Waals surface area (Å²) >= 11 is 5.88. The van der Waals surface area contributed by atoms with E-state index >= 15 is 0 Å². The van der Waals surface area contributed by atoms with Crippen molar-refractivity contribution >= 4 is 23.6 Å². The molecule has 23 heavy (non-hydrogen) atoms. The summed E-state index contributed by atoms with van der Waals surface area (Å²) < 4.78 is 5.40. The third-order valence-corrected chi connectivity index (χ3v) is 3.89. The van der Waals surface area contributed by atoms with E-state index in [1.165, 1.54) is 4.90 Å². The van der Waals surface area contributed by atoms with E-state index in [1.54, 1.807) is 6.92 Å². The fourth-order valence-electron chi connectivity index (χ4n) is 2.48. The van der Waals surface area contributed by atoms with Crippen LogP contribution in [0, 0.1) is 0 Å². The third kappa shape index (κ3) is 4.86. The Morgan fingerprint density at radius 3 is 2.52 bits per heavy atom. The summed E-state index contributed by atoms with van der Waals surface area (Å²) in [6.07, 6.45) is 0.176. The summed E-state index contributed by atoms with van der Waals surface area (Å²) in [6, 6.07) is 6.79. The highest BCUT2D eigenvalue weighted by Gasteiger charge is 2.36. The lowest BCUT2D eigenvalue weighted by Crippen LogP contribution is -2.61. The number of amides is 2. The van der Waals surface area contributed by atoms with E-state index in [0.717, 1.165) is 5.56 Å². The van der Waals surface area contributed by atoms with Gasteiger partial charge in [-0.3, -0.25) is 9.69 Å². The van der Waals surface area contributed by atoms with Crippen molar-refractivity contribution in [3.63, 3.8) is 0 Å². The van der Waals surface area contributed by atoms with Gasteiger partial charge in [0.1, 0.15) is 11.6 Å². The lowest BCUT2D eigenvalue weighted by molar-refractivity contribution is -0.129. The normalized spacial score (nSPS) is 21.8. The molecule has 1 saturated heterocycles. The lowest BCUT2D eigenvalue weighted by atomic mass is 10.0. The van der Waals surface area contributed by atoms with E-state index in [2.05, 4.69) is 5.32 Å². The summed E-state index contributed by atoms with van der Waals surface area (Å²) in [5, 5.41) is 3.63. The zero-order valence-corrected chi connectivity index (χ0v) is 14.7. The van der Waals surface area contributed by atoms with Crippen LogP contribution in [0.4, 0.5) is 4.79 Å². The first kappa shape index (κ1) is 17.6. The van der Waals surface area contributed by atoms with Crippen LogP contribution in [0.3, 0.4) is 0 Å². The van der Waals surface area contributed by atoms with Crippen LogP contribution in [-0.4, -0.2) is 41.1 Å². The molecule has 0 bridgehead atoms. The van der Waals surface area contributed by atoms with Gasteiger partial charge in [-0.25, -0.2) is 4.79 Å². The Kier molecular flexibility index (Phi) is 5.19. The molecule has 0 spiro atoms. The molecule has 6 heteroatoms. The Morgan fingerprint density at radius 1 is 1.35 bits per heavy atom. The molecule has 1 fully saturated rings. The summed E-state index contributed by atoms with van der Waals surface area (Å²) in [5.41, 5.74) is 0.467.